The van der Waals surface area contributed by atoms with Crippen molar-refractivity contribution in [1.29, 1.82) is 0 Å². The minimum Gasteiger partial charge on any atom is -0.372 e. The second kappa shape index (κ2) is 6.00. The molecule has 108 valence electrons. The Morgan fingerprint density at radius 2 is 1.95 bits per heavy atom. The molecule has 21 heavy (non-hydrogen) atoms. The van der Waals surface area contributed by atoms with Gasteiger partial charge in [0.15, 0.2) is 0 Å². The van der Waals surface area contributed by atoms with Crippen LogP contribution in [0.4, 0.5) is 17.2 Å². The van der Waals surface area contributed by atoms with Gasteiger partial charge in [-0.25, -0.2) is 4.98 Å². The number of rotatable bonds is 4. The summed E-state index contributed by atoms with van der Waals surface area (Å²) < 4.78 is 0. The summed E-state index contributed by atoms with van der Waals surface area (Å²) in [7, 11) is 1.59. The summed E-state index contributed by atoms with van der Waals surface area (Å²) in [6.45, 7) is 1.94. The lowest BCUT2D eigenvalue weighted by atomic mass is 10.2. The van der Waals surface area contributed by atoms with Crippen molar-refractivity contribution in [2.75, 3.05) is 17.7 Å². The normalized spacial score (nSPS) is 10.0. The van der Waals surface area contributed by atoms with Crippen LogP contribution in [0.25, 0.3) is 0 Å². The number of nitrogens with zero attached hydrogens (tertiary/aromatic N) is 2. The van der Waals surface area contributed by atoms with E-state index in [4.69, 9.17) is 0 Å². The zero-order chi connectivity index (χ0) is 15.4. The lowest BCUT2D eigenvalue weighted by Crippen LogP contribution is -2.15. The Kier molecular flexibility index (Phi) is 4.13. The second-order valence-electron chi connectivity index (χ2n) is 4.42. The van der Waals surface area contributed by atoms with E-state index < -0.39 is 10.8 Å². The van der Waals surface area contributed by atoms with Crippen LogP contribution in [0, 0.1) is 17.0 Å². The molecule has 0 saturated carbocycles. The number of aromatic nitrogens is 1. The van der Waals surface area contributed by atoms with Gasteiger partial charge in [-0.05, 0) is 19.1 Å². The van der Waals surface area contributed by atoms with Gasteiger partial charge in [-0.1, -0.05) is 17.7 Å². The van der Waals surface area contributed by atoms with Gasteiger partial charge in [0.25, 0.3) is 11.6 Å². The smallest absolute Gasteiger partial charge is 0.288 e. The average Bonchev–Trinajstić information content (AvgIpc) is 2.48. The molecule has 0 bridgehead atoms. The summed E-state index contributed by atoms with van der Waals surface area (Å²) in [6, 6.07) is 8.44. The summed E-state index contributed by atoms with van der Waals surface area (Å²) >= 11 is 0. The molecule has 1 aromatic carbocycles. The highest BCUT2D eigenvalue weighted by molar-refractivity contribution is 6.07. The molecule has 2 rings (SSSR count). The molecule has 0 aliphatic heterocycles. The fraction of sp³-hybridized carbons (Fsp3) is 0.143. The van der Waals surface area contributed by atoms with Gasteiger partial charge in [-0.2, -0.15) is 0 Å². The molecule has 0 atom stereocenters. The topological polar surface area (TPSA) is 97.2 Å². The van der Waals surface area contributed by atoms with Crippen molar-refractivity contribution < 1.29 is 9.72 Å². The molecule has 1 heterocycles. The van der Waals surface area contributed by atoms with Crippen molar-refractivity contribution in [2.24, 2.45) is 0 Å². The zero-order valence-electron chi connectivity index (χ0n) is 11.6. The van der Waals surface area contributed by atoms with E-state index in [1.54, 1.807) is 19.2 Å². The Morgan fingerprint density at radius 3 is 2.52 bits per heavy atom. The Hall–Kier alpha value is -2.96. The van der Waals surface area contributed by atoms with Crippen molar-refractivity contribution in [3.63, 3.8) is 0 Å². The van der Waals surface area contributed by atoms with Crippen LogP contribution >= 0.6 is 0 Å². The number of anilines is 2. The molecule has 0 fully saturated rings. The molecule has 1 aromatic heterocycles. The molecule has 2 N–H and O–H groups in total. The van der Waals surface area contributed by atoms with Gasteiger partial charge < -0.3 is 10.6 Å². The molecule has 7 heteroatoms. The average molecular weight is 286 g/mol. The first-order valence-corrected chi connectivity index (χ1v) is 6.21. The fourth-order valence-corrected chi connectivity index (χ4v) is 1.76. The van der Waals surface area contributed by atoms with E-state index in [1.165, 1.54) is 6.07 Å². The number of hydrogen-bond acceptors (Lipinski definition) is 5. The first kappa shape index (κ1) is 14.4. The van der Waals surface area contributed by atoms with E-state index in [1.807, 2.05) is 19.1 Å². The molecule has 0 spiro atoms. The number of nitro groups is 1. The van der Waals surface area contributed by atoms with Gasteiger partial charge in [0.2, 0.25) is 0 Å². The van der Waals surface area contributed by atoms with E-state index in [9.17, 15) is 14.9 Å². The van der Waals surface area contributed by atoms with Crippen molar-refractivity contribution in [2.45, 2.75) is 6.92 Å². The number of carbonyl (C=O) groups excluding carboxylic acids is 1. The third kappa shape index (κ3) is 3.33. The molecule has 7 nitrogen and oxygen atoms in total. The predicted octanol–water partition coefficient (Wildman–Crippen LogP) is 2.59. The number of pyridine rings is 1. The van der Waals surface area contributed by atoms with Crippen LogP contribution in [-0.2, 0) is 0 Å². The molecule has 1 amide bonds. The van der Waals surface area contributed by atoms with Crippen molar-refractivity contribution in [1.82, 2.24) is 4.98 Å². The van der Waals surface area contributed by atoms with Crippen LogP contribution in [0.2, 0.25) is 0 Å². The van der Waals surface area contributed by atoms with Gasteiger partial charge in [-0.3, -0.25) is 14.9 Å². The van der Waals surface area contributed by atoms with E-state index in [0.29, 0.717) is 5.69 Å². The minimum atomic E-state index is -0.588. The van der Waals surface area contributed by atoms with Crippen LogP contribution in [0.3, 0.4) is 0 Å². The molecule has 0 aliphatic carbocycles. The van der Waals surface area contributed by atoms with Gasteiger partial charge in [0.05, 0.1) is 10.5 Å². The molecule has 0 aliphatic rings. The summed E-state index contributed by atoms with van der Waals surface area (Å²) in [5.74, 6) is -0.176. The number of amides is 1. The number of hydrogen-bond donors (Lipinski definition) is 2. The predicted molar refractivity (Wildman–Crippen MR) is 79.6 cm³/mol. The number of nitrogens with one attached hydrogen (secondary N) is 2. The maximum Gasteiger partial charge on any atom is 0.288 e. The summed E-state index contributed by atoms with van der Waals surface area (Å²) in [5.41, 5.74) is 1.57. The minimum absolute atomic E-state index is 0.118. The monoisotopic (exact) mass is 286 g/mol. The Labute approximate surface area is 121 Å². The van der Waals surface area contributed by atoms with Crippen molar-refractivity contribution in [3.05, 3.63) is 57.8 Å². The first-order chi connectivity index (χ1) is 10.0. The Balaban J connectivity index is 2.30. The molecule has 0 radical (unpaired) electrons. The summed E-state index contributed by atoms with van der Waals surface area (Å²) in [6.07, 6.45) is 1.11. The van der Waals surface area contributed by atoms with E-state index >= 15 is 0 Å². The van der Waals surface area contributed by atoms with Crippen LogP contribution in [-0.4, -0.2) is 22.9 Å². The highest BCUT2D eigenvalue weighted by Crippen LogP contribution is 2.20. The quantitative estimate of drug-likeness (QED) is 0.665. The van der Waals surface area contributed by atoms with E-state index in [2.05, 4.69) is 15.6 Å². The van der Waals surface area contributed by atoms with Crippen molar-refractivity contribution >= 4 is 23.1 Å². The molecule has 0 saturated heterocycles. The van der Waals surface area contributed by atoms with E-state index in [0.717, 1.165) is 11.8 Å². The van der Waals surface area contributed by atoms with Crippen LogP contribution in [0.5, 0.6) is 0 Å². The molecular formula is C14H14N4O3. The van der Waals surface area contributed by atoms with Crippen LogP contribution in [0.15, 0.2) is 36.5 Å². The van der Waals surface area contributed by atoms with Gasteiger partial charge >= 0.3 is 0 Å². The highest BCUT2D eigenvalue weighted by atomic mass is 16.6. The number of benzene rings is 1. The number of aryl methyl sites for hydroxylation is 1. The standard InChI is InChI=1S/C14H14N4O3/c1-9-3-5-10(6-4-9)17-14(19)12-7-11(18(20)21)8-16-13(12)15-2/h3-8H,1-2H3,(H,15,16)(H,17,19). The largest absolute Gasteiger partial charge is 0.372 e. The molecule has 2 aromatic rings. The lowest BCUT2D eigenvalue weighted by molar-refractivity contribution is -0.385. The van der Waals surface area contributed by atoms with Crippen LogP contribution < -0.4 is 10.6 Å². The SMILES string of the molecule is CNc1ncc([N+](=O)[O-])cc1C(=O)Nc1ccc(C)cc1. The second-order valence-corrected chi connectivity index (χ2v) is 4.42. The van der Waals surface area contributed by atoms with Crippen LogP contribution in [0.1, 0.15) is 15.9 Å². The van der Waals surface area contributed by atoms with Crippen molar-refractivity contribution in [3.8, 4) is 0 Å². The maximum absolute atomic E-state index is 12.2. The third-order valence-corrected chi connectivity index (χ3v) is 2.87. The third-order valence-electron chi connectivity index (χ3n) is 2.87. The maximum atomic E-state index is 12.2. The molecule has 0 unspecified atom stereocenters. The fourth-order valence-electron chi connectivity index (χ4n) is 1.76. The Bertz CT molecular complexity index is 683. The van der Waals surface area contributed by atoms with Gasteiger partial charge in [0, 0.05) is 18.8 Å². The Morgan fingerprint density at radius 1 is 1.29 bits per heavy atom. The van der Waals surface area contributed by atoms with Gasteiger partial charge in [-0.15, -0.1) is 0 Å². The lowest BCUT2D eigenvalue weighted by Gasteiger charge is -2.09. The highest BCUT2D eigenvalue weighted by Gasteiger charge is 2.17. The van der Waals surface area contributed by atoms with E-state index in [-0.39, 0.29) is 17.1 Å². The zero-order valence-corrected chi connectivity index (χ0v) is 11.6. The first-order valence-electron chi connectivity index (χ1n) is 6.21. The summed E-state index contributed by atoms with van der Waals surface area (Å²) in [4.78, 5) is 26.3. The number of carbonyl (C=O) groups is 1. The summed E-state index contributed by atoms with van der Waals surface area (Å²) in [5, 5.41) is 16.2. The molecular weight excluding hydrogens is 272 g/mol. The van der Waals surface area contributed by atoms with Gasteiger partial charge in [0.1, 0.15) is 12.0 Å².